The Labute approximate surface area is 95.4 Å². The Kier molecular flexibility index (Phi) is 6.49. The molecule has 0 radical (unpaired) electrons. The predicted molar refractivity (Wildman–Crippen MR) is 58.2 cm³/mol. The van der Waals surface area contributed by atoms with Gasteiger partial charge < -0.3 is 9.84 Å². The highest BCUT2D eigenvalue weighted by atomic mass is 32.2. The molecule has 0 bridgehead atoms. The van der Waals surface area contributed by atoms with E-state index >= 15 is 0 Å². The van der Waals surface area contributed by atoms with Crippen LogP contribution in [0.2, 0.25) is 0 Å². The van der Waals surface area contributed by atoms with Gasteiger partial charge in [-0.1, -0.05) is 13.8 Å². The van der Waals surface area contributed by atoms with Gasteiger partial charge in [0.1, 0.15) is 0 Å². The van der Waals surface area contributed by atoms with Gasteiger partial charge >= 0.3 is 5.97 Å². The van der Waals surface area contributed by atoms with Crippen LogP contribution in [0, 0.1) is 5.92 Å². The summed E-state index contributed by atoms with van der Waals surface area (Å²) in [4.78, 5) is 10.5. The number of aliphatic carboxylic acids is 1. The molecule has 0 saturated heterocycles. The molecule has 0 rings (SSSR count). The Bertz CT molecular complexity index is 314. The number of nitrogens with one attached hydrogen (secondary N) is 2. The van der Waals surface area contributed by atoms with Crippen LogP contribution in [0.1, 0.15) is 13.8 Å². The quantitative estimate of drug-likeness (QED) is 0.524. The zero-order valence-corrected chi connectivity index (χ0v) is 10.4. The molecule has 0 heterocycles. The minimum Gasteiger partial charge on any atom is -0.479 e. The zero-order chi connectivity index (χ0) is 12.8. The van der Waals surface area contributed by atoms with Crippen LogP contribution in [-0.4, -0.2) is 45.8 Å². The van der Waals surface area contributed by atoms with Crippen molar-refractivity contribution in [3.63, 3.8) is 0 Å². The molecule has 0 aromatic rings. The number of carboxylic acids is 1. The van der Waals surface area contributed by atoms with Crippen LogP contribution >= 0.6 is 0 Å². The lowest BCUT2D eigenvalue weighted by molar-refractivity contribution is -0.147. The van der Waals surface area contributed by atoms with Crippen LogP contribution in [0.15, 0.2) is 0 Å². The van der Waals surface area contributed by atoms with Crippen molar-refractivity contribution in [3.05, 3.63) is 0 Å². The third kappa shape index (κ3) is 6.72. The summed E-state index contributed by atoms with van der Waals surface area (Å²) in [7, 11) is -2.46. The molecule has 96 valence electrons. The van der Waals surface area contributed by atoms with Crippen molar-refractivity contribution >= 4 is 16.2 Å². The maximum Gasteiger partial charge on any atom is 0.334 e. The fraction of sp³-hybridized carbons (Fsp3) is 0.875. The average Bonchev–Trinajstić information content (AvgIpc) is 2.15. The van der Waals surface area contributed by atoms with Crippen molar-refractivity contribution in [1.29, 1.82) is 0 Å². The lowest BCUT2D eigenvalue weighted by atomic mass is 10.2. The van der Waals surface area contributed by atoms with Crippen molar-refractivity contribution in [1.82, 2.24) is 9.44 Å². The van der Waals surface area contributed by atoms with Gasteiger partial charge in [-0.3, -0.25) is 0 Å². The molecule has 0 aliphatic rings. The van der Waals surface area contributed by atoms with E-state index in [2.05, 4.69) is 14.2 Å². The third-order valence-electron chi connectivity index (χ3n) is 1.70. The molecule has 0 spiro atoms. The molecule has 7 nitrogen and oxygen atoms in total. The lowest BCUT2D eigenvalue weighted by Gasteiger charge is -2.13. The van der Waals surface area contributed by atoms with E-state index in [0.717, 1.165) is 0 Å². The van der Waals surface area contributed by atoms with E-state index in [0.29, 0.717) is 6.54 Å². The first-order valence-electron chi connectivity index (χ1n) is 4.78. The second-order valence-electron chi connectivity index (χ2n) is 3.66. The Balaban J connectivity index is 4.12. The molecule has 0 aliphatic carbocycles. The van der Waals surface area contributed by atoms with Crippen LogP contribution < -0.4 is 9.44 Å². The number of carbonyl (C=O) groups is 1. The summed E-state index contributed by atoms with van der Waals surface area (Å²) in [6.07, 6.45) is -1.18. The van der Waals surface area contributed by atoms with E-state index < -0.39 is 22.3 Å². The van der Waals surface area contributed by atoms with Crippen molar-refractivity contribution in [3.8, 4) is 0 Å². The van der Waals surface area contributed by atoms with Gasteiger partial charge in [0.05, 0.1) is 0 Å². The fourth-order valence-corrected chi connectivity index (χ4v) is 1.81. The molecular weight excluding hydrogens is 236 g/mol. The maximum atomic E-state index is 11.3. The predicted octanol–water partition coefficient (Wildman–Crippen LogP) is -0.834. The van der Waals surface area contributed by atoms with Gasteiger partial charge in [0.15, 0.2) is 6.10 Å². The molecule has 1 atom stereocenters. The largest absolute Gasteiger partial charge is 0.479 e. The molecule has 0 fully saturated rings. The molecule has 0 aliphatic heterocycles. The van der Waals surface area contributed by atoms with Crippen molar-refractivity contribution < 1.29 is 23.1 Å². The maximum absolute atomic E-state index is 11.3. The van der Waals surface area contributed by atoms with E-state index in [9.17, 15) is 13.2 Å². The highest BCUT2D eigenvalue weighted by Gasteiger charge is 2.19. The Morgan fingerprint density at radius 3 is 2.19 bits per heavy atom. The second-order valence-corrected chi connectivity index (χ2v) is 5.24. The first-order chi connectivity index (χ1) is 7.28. The smallest absolute Gasteiger partial charge is 0.334 e. The Hall–Kier alpha value is -0.700. The van der Waals surface area contributed by atoms with Gasteiger partial charge in [-0.05, 0) is 5.92 Å². The lowest BCUT2D eigenvalue weighted by Crippen LogP contribution is -2.44. The first kappa shape index (κ1) is 15.3. The first-order valence-corrected chi connectivity index (χ1v) is 6.26. The zero-order valence-electron chi connectivity index (χ0n) is 9.56. The van der Waals surface area contributed by atoms with Crippen LogP contribution in [0.25, 0.3) is 0 Å². The molecule has 3 N–H and O–H groups in total. The molecular formula is C8H18N2O5S. The van der Waals surface area contributed by atoms with Crippen LogP contribution in [0.4, 0.5) is 0 Å². The third-order valence-corrected chi connectivity index (χ3v) is 2.79. The van der Waals surface area contributed by atoms with Gasteiger partial charge in [0.2, 0.25) is 0 Å². The summed E-state index contributed by atoms with van der Waals surface area (Å²) in [5.41, 5.74) is 0. The minimum absolute atomic E-state index is 0.175. The summed E-state index contributed by atoms with van der Waals surface area (Å²) in [5.74, 6) is -1.04. The molecule has 16 heavy (non-hydrogen) atoms. The van der Waals surface area contributed by atoms with Crippen molar-refractivity contribution in [2.45, 2.75) is 20.0 Å². The van der Waals surface area contributed by atoms with E-state index in [1.807, 2.05) is 13.8 Å². The highest BCUT2D eigenvalue weighted by molar-refractivity contribution is 7.87. The van der Waals surface area contributed by atoms with E-state index in [1.54, 1.807) is 0 Å². The fourth-order valence-electron chi connectivity index (χ4n) is 0.784. The van der Waals surface area contributed by atoms with Gasteiger partial charge in [-0.2, -0.15) is 13.1 Å². The summed E-state index contributed by atoms with van der Waals surface area (Å²) in [5, 5.41) is 8.61. The monoisotopic (exact) mass is 254 g/mol. The van der Waals surface area contributed by atoms with Crippen LogP contribution in [0.5, 0.6) is 0 Å². The standard InChI is InChI=1S/C8H18N2O5S/c1-6(2)4-9-16(13,14)10-5-7(15-3)8(11)12/h6-7,9-10H,4-5H2,1-3H3,(H,11,12). The van der Waals surface area contributed by atoms with Crippen LogP contribution in [-0.2, 0) is 19.7 Å². The number of rotatable bonds is 8. The SMILES string of the molecule is COC(CNS(=O)(=O)NCC(C)C)C(=O)O. The van der Waals surface area contributed by atoms with E-state index in [1.165, 1.54) is 7.11 Å². The van der Waals surface area contributed by atoms with Gasteiger partial charge in [-0.25, -0.2) is 9.52 Å². The van der Waals surface area contributed by atoms with Gasteiger partial charge in [0.25, 0.3) is 10.2 Å². The number of carboxylic acid groups (broad SMARTS) is 1. The number of hydrogen-bond acceptors (Lipinski definition) is 4. The normalized spacial score (nSPS) is 14.0. The van der Waals surface area contributed by atoms with Gasteiger partial charge in [-0.15, -0.1) is 0 Å². The van der Waals surface area contributed by atoms with Crippen molar-refractivity contribution in [2.75, 3.05) is 20.2 Å². The topological polar surface area (TPSA) is 105 Å². The van der Waals surface area contributed by atoms with E-state index in [-0.39, 0.29) is 12.5 Å². The number of ether oxygens (including phenoxy) is 1. The highest BCUT2D eigenvalue weighted by Crippen LogP contribution is 1.91. The number of hydrogen-bond donors (Lipinski definition) is 3. The summed E-state index contributed by atoms with van der Waals surface area (Å²) < 4.78 is 31.6. The van der Waals surface area contributed by atoms with Crippen LogP contribution in [0.3, 0.4) is 0 Å². The van der Waals surface area contributed by atoms with Crippen molar-refractivity contribution in [2.24, 2.45) is 5.92 Å². The Morgan fingerprint density at radius 2 is 1.81 bits per heavy atom. The molecule has 8 heteroatoms. The molecule has 0 amide bonds. The molecule has 0 aromatic heterocycles. The summed E-state index contributed by atoms with van der Waals surface area (Å²) in [6, 6.07) is 0. The minimum atomic E-state index is -3.66. The summed E-state index contributed by atoms with van der Waals surface area (Å²) in [6.45, 7) is 3.70. The number of methoxy groups -OCH3 is 1. The summed E-state index contributed by atoms with van der Waals surface area (Å²) >= 11 is 0. The molecule has 1 unspecified atom stereocenters. The molecule has 0 aromatic carbocycles. The molecule has 0 saturated carbocycles. The van der Waals surface area contributed by atoms with E-state index in [4.69, 9.17) is 5.11 Å². The Morgan fingerprint density at radius 1 is 1.31 bits per heavy atom. The second kappa shape index (κ2) is 6.79. The average molecular weight is 254 g/mol. The van der Waals surface area contributed by atoms with Gasteiger partial charge in [0, 0.05) is 20.2 Å².